The van der Waals surface area contributed by atoms with Crippen LogP contribution in [-0.4, -0.2) is 6.71 Å². The Labute approximate surface area is 363 Å². The average Bonchev–Trinajstić information content (AvgIpc) is 3.63. The Balaban J connectivity index is 1.14. The third kappa shape index (κ3) is 5.34. The molecule has 0 aliphatic carbocycles. The first-order valence-corrected chi connectivity index (χ1v) is 22.5. The summed E-state index contributed by atoms with van der Waals surface area (Å²) >= 11 is 1.97. The predicted octanol–water partition coefficient (Wildman–Crippen LogP) is 14.5. The minimum atomic E-state index is 0.0269. The van der Waals surface area contributed by atoms with Gasteiger partial charge in [0, 0.05) is 43.2 Å². The minimum absolute atomic E-state index is 0.0269. The maximum atomic E-state index is 2.59. The first-order chi connectivity index (χ1) is 29.4. The van der Waals surface area contributed by atoms with Crippen LogP contribution in [0.1, 0.15) is 58.2 Å². The van der Waals surface area contributed by atoms with E-state index >= 15 is 0 Å². The average molecular weight is 803 g/mol. The summed E-state index contributed by atoms with van der Waals surface area (Å²) in [4.78, 5) is 5.17. The van der Waals surface area contributed by atoms with Gasteiger partial charge >= 0.3 is 0 Å². The van der Waals surface area contributed by atoms with Crippen LogP contribution in [0.5, 0.6) is 0 Å². The summed E-state index contributed by atoms with van der Waals surface area (Å²) in [5.41, 5.74) is 16.7. The molecule has 9 aromatic carbocycles. The van der Waals surface area contributed by atoms with E-state index in [2.05, 4.69) is 216 Å². The van der Waals surface area contributed by atoms with Gasteiger partial charge < -0.3 is 9.80 Å². The molecule has 2 aliphatic heterocycles. The van der Waals surface area contributed by atoms with Crippen molar-refractivity contribution in [3.63, 3.8) is 0 Å². The van der Waals surface area contributed by atoms with E-state index in [0.717, 1.165) is 0 Å². The van der Waals surface area contributed by atoms with Crippen molar-refractivity contribution in [1.29, 1.82) is 0 Å². The quantitative estimate of drug-likeness (QED) is 0.130. The Kier molecular flexibility index (Phi) is 7.68. The molecule has 2 aliphatic rings. The predicted molar refractivity (Wildman–Crippen MR) is 267 cm³/mol. The van der Waals surface area contributed by atoms with Crippen LogP contribution in [-0.2, 0) is 10.8 Å². The van der Waals surface area contributed by atoms with Crippen molar-refractivity contribution in [3.8, 4) is 11.1 Å². The Morgan fingerprint density at radius 1 is 0.475 bits per heavy atom. The topological polar surface area (TPSA) is 6.48 Å². The van der Waals surface area contributed by atoms with Gasteiger partial charge in [-0.3, -0.25) is 0 Å². The molecule has 0 saturated carbocycles. The molecule has 0 unspecified atom stereocenters. The summed E-state index contributed by atoms with van der Waals surface area (Å²) in [5.74, 6) is 0. The summed E-state index contributed by atoms with van der Waals surface area (Å²) in [6.45, 7) is 16.2. The monoisotopic (exact) mass is 802 g/mol. The molecule has 0 radical (unpaired) electrons. The Hall–Kier alpha value is -6.36. The number of nitrogens with zero attached hydrogens (tertiary/aromatic N) is 2. The van der Waals surface area contributed by atoms with Gasteiger partial charge in [0.15, 0.2) is 0 Å². The molecule has 2 nitrogen and oxygen atoms in total. The third-order valence-corrected chi connectivity index (χ3v) is 14.8. The lowest BCUT2D eigenvalue weighted by molar-refractivity contribution is 0.590. The van der Waals surface area contributed by atoms with Crippen LogP contribution in [0, 0.1) is 6.92 Å². The molecule has 10 aromatic rings. The van der Waals surface area contributed by atoms with Crippen molar-refractivity contribution in [2.75, 3.05) is 9.80 Å². The third-order valence-electron chi connectivity index (χ3n) is 13.6. The van der Waals surface area contributed by atoms with Crippen molar-refractivity contribution in [2.45, 2.75) is 59.3 Å². The van der Waals surface area contributed by atoms with E-state index < -0.39 is 0 Å². The molecule has 12 rings (SSSR count). The van der Waals surface area contributed by atoms with Gasteiger partial charge in [0.1, 0.15) is 0 Å². The number of hydrogen-bond acceptors (Lipinski definition) is 3. The Morgan fingerprint density at radius 3 is 1.87 bits per heavy atom. The molecule has 4 heteroatoms. The highest BCUT2D eigenvalue weighted by Gasteiger charge is 2.45. The highest BCUT2D eigenvalue weighted by molar-refractivity contribution is 7.33. The summed E-state index contributed by atoms with van der Waals surface area (Å²) in [5, 5.41) is 9.17. The SMILES string of the molecule is Cc1ccc2c(c1)B1c3sc4ccc(C(C)(C)C)cc4c3N(c3ccc(C(C)(C)C)cc3)c3cccc(c31)N2c1ccccc1-c1ccc2ccc3cccc4ccc1c2c34. The molecule has 0 spiro atoms. The van der Waals surface area contributed by atoms with Gasteiger partial charge in [0.2, 0.25) is 0 Å². The lowest BCUT2D eigenvalue weighted by Gasteiger charge is -2.43. The van der Waals surface area contributed by atoms with Crippen LogP contribution in [0.3, 0.4) is 0 Å². The van der Waals surface area contributed by atoms with Gasteiger partial charge in [0.05, 0.1) is 11.4 Å². The van der Waals surface area contributed by atoms with Crippen LogP contribution in [0.4, 0.5) is 34.1 Å². The van der Waals surface area contributed by atoms with Crippen LogP contribution < -0.4 is 25.5 Å². The van der Waals surface area contributed by atoms with Crippen molar-refractivity contribution in [1.82, 2.24) is 0 Å². The van der Waals surface area contributed by atoms with E-state index in [-0.39, 0.29) is 17.5 Å². The number of benzene rings is 9. The summed E-state index contributed by atoms with van der Waals surface area (Å²) in [6.07, 6.45) is 0. The zero-order valence-corrected chi connectivity index (χ0v) is 36.7. The van der Waals surface area contributed by atoms with Crippen LogP contribution in [0.25, 0.3) is 53.5 Å². The van der Waals surface area contributed by atoms with E-state index in [1.165, 1.54) is 120 Å². The van der Waals surface area contributed by atoms with E-state index in [1.54, 1.807) is 0 Å². The van der Waals surface area contributed by atoms with Gasteiger partial charge in [0.25, 0.3) is 6.71 Å². The molecule has 294 valence electrons. The van der Waals surface area contributed by atoms with E-state index in [4.69, 9.17) is 0 Å². The second-order valence-electron chi connectivity index (χ2n) is 19.4. The molecule has 0 atom stereocenters. The second-order valence-corrected chi connectivity index (χ2v) is 20.5. The number of para-hydroxylation sites is 1. The zero-order chi connectivity index (χ0) is 41.5. The van der Waals surface area contributed by atoms with E-state index in [0.29, 0.717) is 0 Å². The highest BCUT2D eigenvalue weighted by atomic mass is 32.1. The molecule has 0 bridgehead atoms. The number of rotatable bonds is 3. The van der Waals surface area contributed by atoms with Gasteiger partial charge in [-0.25, -0.2) is 0 Å². The molecule has 0 fully saturated rings. The molecule has 61 heavy (non-hydrogen) atoms. The Bertz CT molecular complexity index is 3400. The molecule has 3 heterocycles. The minimum Gasteiger partial charge on any atom is -0.311 e. The lowest BCUT2D eigenvalue weighted by Crippen LogP contribution is -2.60. The summed E-state index contributed by atoms with van der Waals surface area (Å²) in [6, 6.07) is 60.4. The fourth-order valence-electron chi connectivity index (χ4n) is 10.5. The van der Waals surface area contributed by atoms with Crippen LogP contribution >= 0.6 is 11.3 Å². The Morgan fingerprint density at radius 2 is 1.11 bits per heavy atom. The smallest absolute Gasteiger partial charge is 0.264 e. The molecule has 1 aromatic heterocycles. The molecular formula is C57H47BN2S. The molecule has 0 N–H and O–H groups in total. The standard InChI is InChI=1S/C57H47BN2S/c1-34-18-30-47-45(32-34)58-53-48(59(40-26-23-38(24-27-40)56(2,3)4)54-44-33-39(57(5,6)7)25-31-50(44)61-55(54)58)16-11-17-49(53)60(47)46-15-9-8-14-42(46)41-28-21-37-20-19-35-12-10-13-36-22-29-43(41)52(37)51(35)36/h8-33H,1-7H3. The summed E-state index contributed by atoms with van der Waals surface area (Å²) in [7, 11) is 0. The number of hydrogen-bond donors (Lipinski definition) is 0. The first kappa shape index (κ1) is 36.5. The molecule has 0 saturated heterocycles. The van der Waals surface area contributed by atoms with Gasteiger partial charge in [-0.2, -0.15) is 0 Å². The molecular weight excluding hydrogens is 756 g/mol. The van der Waals surface area contributed by atoms with E-state index in [1.807, 2.05) is 11.3 Å². The van der Waals surface area contributed by atoms with Crippen molar-refractivity contribution in [3.05, 3.63) is 174 Å². The fourth-order valence-corrected chi connectivity index (χ4v) is 11.8. The largest absolute Gasteiger partial charge is 0.311 e. The number of anilines is 6. The van der Waals surface area contributed by atoms with Gasteiger partial charge in [-0.15, -0.1) is 11.3 Å². The highest BCUT2D eigenvalue weighted by Crippen LogP contribution is 2.50. The van der Waals surface area contributed by atoms with E-state index in [9.17, 15) is 0 Å². The number of aryl methyl sites for hydroxylation is 1. The van der Waals surface area contributed by atoms with Crippen molar-refractivity contribution in [2.24, 2.45) is 0 Å². The fraction of sp³-hybridized carbons (Fsp3) is 0.158. The van der Waals surface area contributed by atoms with Crippen molar-refractivity contribution >= 4 is 110 Å². The maximum Gasteiger partial charge on any atom is 0.264 e. The van der Waals surface area contributed by atoms with Gasteiger partial charge in [-0.1, -0.05) is 156 Å². The van der Waals surface area contributed by atoms with Crippen LogP contribution in [0.15, 0.2) is 158 Å². The van der Waals surface area contributed by atoms with Gasteiger partial charge in [-0.05, 0) is 126 Å². The number of thiophene rings is 1. The molecule has 0 amide bonds. The van der Waals surface area contributed by atoms with Crippen molar-refractivity contribution < 1.29 is 0 Å². The summed E-state index contributed by atoms with van der Waals surface area (Å²) < 4.78 is 2.74. The van der Waals surface area contributed by atoms with Crippen LogP contribution in [0.2, 0.25) is 0 Å². The maximum absolute atomic E-state index is 2.59. The zero-order valence-electron chi connectivity index (χ0n) is 35.9. The second kappa shape index (κ2) is 12.8. The first-order valence-electron chi connectivity index (χ1n) is 21.7. The number of fused-ring (bicyclic) bond motifs is 6. The lowest BCUT2D eigenvalue weighted by atomic mass is 9.36. The normalized spacial score (nSPS) is 13.7.